The van der Waals surface area contributed by atoms with Crippen molar-refractivity contribution in [1.82, 2.24) is 5.32 Å². The molecule has 0 aliphatic carbocycles. The number of hydrogen-bond donors (Lipinski definition) is 1. The lowest BCUT2D eigenvalue weighted by Gasteiger charge is -2.43. The van der Waals surface area contributed by atoms with Crippen molar-refractivity contribution >= 4 is 0 Å². The van der Waals surface area contributed by atoms with Gasteiger partial charge in [0.05, 0.1) is 0 Å². The lowest BCUT2D eigenvalue weighted by molar-refractivity contribution is 0.245. The first kappa shape index (κ1) is 12.6. The van der Waals surface area contributed by atoms with Crippen LogP contribution in [0.1, 0.15) is 38.7 Å². The van der Waals surface area contributed by atoms with Crippen LogP contribution in [-0.4, -0.2) is 13.1 Å². The molecule has 0 radical (unpaired) electrons. The van der Waals surface area contributed by atoms with Gasteiger partial charge in [0.25, 0.3) is 0 Å². The summed E-state index contributed by atoms with van der Waals surface area (Å²) >= 11 is 0. The van der Waals surface area contributed by atoms with E-state index >= 15 is 0 Å². The van der Waals surface area contributed by atoms with E-state index in [1.807, 2.05) is 6.07 Å². The maximum absolute atomic E-state index is 13.3. The van der Waals surface area contributed by atoms with Crippen LogP contribution in [0.4, 0.5) is 4.39 Å². The third kappa shape index (κ3) is 2.86. The normalized spacial score (nSPS) is 18.1. The molecule has 1 nitrogen and oxygen atoms in total. The van der Waals surface area contributed by atoms with Crippen LogP contribution in [0, 0.1) is 11.7 Å². The Morgan fingerprint density at radius 2 is 2.12 bits per heavy atom. The molecule has 1 aromatic carbocycles. The molecule has 0 amide bonds. The zero-order chi connectivity index (χ0) is 12.3. The summed E-state index contributed by atoms with van der Waals surface area (Å²) in [5.74, 6) is 0.644. The van der Waals surface area contributed by atoms with Crippen molar-refractivity contribution in [3.8, 4) is 0 Å². The number of benzene rings is 1. The van der Waals surface area contributed by atoms with Gasteiger partial charge in [-0.15, -0.1) is 0 Å². The molecular formula is C15H22FN. The van der Waals surface area contributed by atoms with Crippen LogP contribution in [0.25, 0.3) is 0 Å². The van der Waals surface area contributed by atoms with Crippen molar-refractivity contribution in [2.75, 3.05) is 13.1 Å². The standard InChI is InChI=1S/C15H22FN/c1-12(2)5-4-8-15(10-17-11-15)13-6-3-7-14(16)9-13/h3,6-7,9,12,17H,4-5,8,10-11H2,1-2H3. The van der Waals surface area contributed by atoms with Crippen LogP contribution in [-0.2, 0) is 5.41 Å². The molecule has 1 aliphatic rings. The van der Waals surface area contributed by atoms with Gasteiger partial charge in [0.1, 0.15) is 5.82 Å². The van der Waals surface area contributed by atoms with E-state index in [2.05, 4.69) is 25.2 Å². The quantitative estimate of drug-likeness (QED) is 0.823. The van der Waals surface area contributed by atoms with E-state index in [4.69, 9.17) is 0 Å². The second kappa shape index (κ2) is 5.18. The summed E-state index contributed by atoms with van der Waals surface area (Å²) in [6, 6.07) is 7.13. The van der Waals surface area contributed by atoms with Crippen molar-refractivity contribution in [3.63, 3.8) is 0 Å². The third-order valence-electron chi connectivity index (χ3n) is 3.80. The summed E-state index contributed by atoms with van der Waals surface area (Å²) in [6.45, 7) is 6.50. The van der Waals surface area contributed by atoms with Crippen LogP contribution in [0.2, 0.25) is 0 Å². The minimum atomic E-state index is -0.113. The molecule has 17 heavy (non-hydrogen) atoms. The Balaban J connectivity index is 2.04. The highest BCUT2D eigenvalue weighted by Crippen LogP contribution is 2.34. The first-order valence-electron chi connectivity index (χ1n) is 6.59. The SMILES string of the molecule is CC(C)CCCC1(c2cccc(F)c2)CNC1. The van der Waals surface area contributed by atoms with Gasteiger partial charge in [-0.3, -0.25) is 0 Å². The van der Waals surface area contributed by atoms with Crippen molar-refractivity contribution in [3.05, 3.63) is 35.6 Å². The molecule has 1 fully saturated rings. The molecule has 94 valence electrons. The maximum atomic E-state index is 13.3. The maximum Gasteiger partial charge on any atom is 0.123 e. The Bertz CT molecular complexity index is 369. The van der Waals surface area contributed by atoms with Gasteiger partial charge in [-0.2, -0.15) is 0 Å². The first-order valence-corrected chi connectivity index (χ1v) is 6.59. The average molecular weight is 235 g/mol. The fourth-order valence-corrected chi connectivity index (χ4v) is 2.62. The van der Waals surface area contributed by atoms with Crippen molar-refractivity contribution < 1.29 is 4.39 Å². The highest BCUT2D eigenvalue weighted by atomic mass is 19.1. The zero-order valence-electron chi connectivity index (χ0n) is 10.8. The Morgan fingerprint density at radius 3 is 2.65 bits per heavy atom. The van der Waals surface area contributed by atoms with Crippen LogP contribution in [0.5, 0.6) is 0 Å². The average Bonchev–Trinajstić information content (AvgIpc) is 2.21. The van der Waals surface area contributed by atoms with E-state index < -0.39 is 0 Å². The molecule has 2 heteroatoms. The molecule has 1 N–H and O–H groups in total. The molecule has 0 bridgehead atoms. The van der Waals surface area contributed by atoms with Gasteiger partial charge in [0.15, 0.2) is 0 Å². The molecule has 0 aromatic heterocycles. The van der Waals surface area contributed by atoms with Gasteiger partial charge in [-0.05, 0) is 30.0 Å². The number of hydrogen-bond acceptors (Lipinski definition) is 1. The zero-order valence-corrected chi connectivity index (χ0v) is 10.8. The summed E-state index contributed by atoms with van der Waals surface area (Å²) in [7, 11) is 0. The van der Waals surface area contributed by atoms with E-state index in [1.54, 1.807) is 6.07 Å². The van der Waals surface area contributed by atoms with E-state index in [0.29, 0.717) is 0 Å². The highest BCUT2D eigenvalue weighted by molar-refractivity contribution is 5.30. The fourth-order valence-electron chi connectivity index (χ4n) is 2.62. The van der Waals surface area contributed by atoms with Gasteiger partial charge in [0.2, 0.25) is 0 Å². The lowest BCUT2D eigenvalue weighted by atomic mass is 9.71. The third-order valence-corrected chi connectivity index (χ3v) is 3.80. The van der Waals surface area contributed by atoms with Gasteiger partial charge in [-0.25, -0.2) is 4.39 Å². The Hall–Kier alpha value is -0.890. The summed E-state index contributed by atoms with van der Waals surface area (Å²) < 4.78 is 13.3. The first-order chi connectivity index (χ1) is 8.12. The molecule has 1 saturated heterocycles. The second-order valence-corrected chi connectivity index (χ2v) is 5.68. The largest absolute Gasteiger partial charge is 0.315 e. The van der Waals surface area contributed by atoms with E-state index in [1.165, 1.54) is 30.9 Å². The number of halogens is 1. The molecule has 1 aromatic rings. The smallest absolute Gasteiger partial charge is 0.123 e. The lowest BCUT2D eigenvalue weighted by Crippen LogP contribution is -2.56. The van der Waals surface area contributed by atoms with Crippen molar-refractivity contribution in [2.45, 2.75) is 38.5 Å². The Kier molecular flexibility index (Phi) is 3.82. The second-order valence-electron chi connectivity index (χ2n) is 5.68. The topological polar surface area (TPSA) is 12.0 Å². The fraction of sp³-hybridized carbons (Fsp3) is 0.600. The Labute approximate surface area is 103 Å². The van der Waals surface area contributed by atoms with Crippen molar-refractivity contribution in [2.24, 2.45) is 5.92 Å². The van der Waals surface area contributed by atoms with Gasteiger partial charge in [0, 0.05) is 18.5 Å². The van der Waals surface area contributed by atoms with Crippen LogP contribution in [0.3, 0.4) is 0 Å². The minimum absolute atomic E-state index is 0.113. The van der Waals surface area contributed by atoms with Gasteiger partial charge >= 0.3 is 0 Å². The summed E-state index contributed by atoms with van der Waals surface area (Å²) in [6.07, 6.45) is 3.66. The minimum Gasteiger partial charge on any atom is -0.315 e. The summed E-state index contributed by atoms with van der Waals surface area (Å²) in [5.41, 5.74) is 1.36. The molecule has 1 aliphatic heterocycles. The molecule has 1 heterocycles. The molecular weight excluding hydrogens is 213 g/mol. The monoisotopic (exact) mass is 235 g/mol. The Morgan fingerprint density at radius 1 is 1.35 bits per heavy atom. The number of nitrogens with one attached hydrogen (secondary N) is 1. The van der Waals surface area contributed by atoms with E-state index in [-0.39, 0.29) is 11.2 Å². The summed E-state index contributed by atoms with van der Waals surface area (Å²) in [5, 5.41) is 3.34. The van der Waals surface area contributed by atoms with E-state index in [9.17, 15) is 4.39 Å². The summed E-state index contributed by atoms with van der Waals surface area (Å²) in [4.78, 5) is 0. The predicted molar refractivity (Wildman–Crippen MR) is 69.6 cm³/mol. The molecule has 0 saturated carbocycles. The molecule has 0 spiro atoms. The van der Waals surface area contributed by atoms with Crippen LogP contribution in [0.15, 0.2) is 24.3 Å². The molecule has 0 unspecified atom stereocenters. The molecule has 0 atom stereocenters. The van der Waals surface area contributed by atoms with E-state index in [0.717, 1.165) is 19.0 Å². The van der Waals surface area contributed by atoms with Crippen LogP contribution < -0.4 is 5.32 Å². The highest BCUT2D eigenvalue weighted by Gasteiger charge is 2.38. The van der Waals surface area contributed by atoms with Crippen LogP contribution >= 0.6 is 0 Å². The predicted octanol–water partition coefficient (Wildman–Crippen LogP) is 3.49. The van der Waals surface area contributed by atoms with Crippen molar-refractivity contribution in [1.29, 1.82) is 0 Å². The van der Waals surface area contributed by atoms with Gasteiger partial charge in [-0.1, -0.05) is 38.8 Å². The molecule has 2 rings (SSSR count). The van der Waals surface area contributed by atoms with Gasteiger partial charge < -0.3 is 5.32 Å². The number of rotatable bonds is 5.